The van der Waals surface area contributed by atoms with Crippen molar-refractivity contribution in [2.45, 2.75) is 6.92 Å². The second kappa shape index (κ2) is 3.87. The van der Waals surface area contributed by atoms with E-state index in [1.54, 1.807) is 12.1 Å². The van der Waals surface area contributed by atoms with Gasteiger partial charge in [-0.1, -0.05) is 0 Å². The number of hydrogen-bond acceptors (Lipinski definition) is 2. The van der Waals surface area contributed by atoms with E-state index in [2.05, 4.69) is 0 Å². The van der Waals surface area contributed by atoms with Gasteiger partial charge in [0, 0.05) is 9.13 Å². The average molecular weight is 290 g/mol. The highest BCUT2D eigenvalue weighted by Crippen LogP contribution is 2.14. The topological polar surface area (TPSA) is 54.4 Å². The first-order valence-electron chi connectivity index (χ1n) is 3.56. The molecule has 3 nitrogen and oxygen atoms in total. The van der Waals surface area contributed by atoms with Crippen molar-refractivity contribution in [3.8, 4) is 0 Å². The third-order valence-corrected chi connectivity index (χ3v) is 2.26. The monoisotopic (exact) mass is 290 g/mol. The van der Waals surface area contributed by atoms with Gasteiger partial charge in [-0.2, -0.15) is 0 Å². The number of rotatable bonds is 2. The Morgan fingerprint density at radius 2 is 1.92 bits per heavy atom. The smallest absolute Gasteiger partial charge is 0.336 e. The molecule has 1 rings (SSSR count). The van der Waals surface area contributed by atoms with Crippen molar-refractivity contribution in [1.29, 1.82) is 0 Å². The summed E-state index contributed by atoms with van der Waals surface area (Å²) >= 11 is 2.03. The second-order valence-electron chi connectivity index (χ2n) is 2.55. The van der Waals surface area contributed by atoms with Gasteiger partial charge in [-0.15, -0.1) is 0 Å². The van der Waals surface area contributed by atoms with Gasteiger partial charge >= 0.3 is 5.97 Å². The average Bonchev–Trinajstić information content (AvgIpc) is 2.03. The van der Waals surface area contributed by atoms with Crippen LogP contribution >= 0.6 is 22.6 Å². The molecule has 1 aromatic carbocycles. The SMILES string of the molecule is CC(=O)c1cc(I)ccc1C(=O)O. The summed E-state index contributed by atoms with van der Waals surface area (Å²) in [6.45, 7) is 1.36. The Balaban J connectivity index is 3.35. The first kappa shape index (κ1) is 10.2. The molecule has 68 valence electrons. The molecule has 0 radical (unpaired) electrons. The summed E-state index contributed by atoms with van der Waals surface area (Å²) in [4.78, 5) is 21.7. The van der Waals surface area contributed by atoms with E-state index in [0.29, 0.717) is 0 Å². The van der Waals surface area contributed by atoms with Crippen molar-refractivity contribution in [3.05, 3.63) is 32.9 Å². The summed E-state index contributed by atoms with van der Waals surface area (Å²) in [5.41, 5.74) is 0.326. The molecule has 0 spiro atoms. The highest BCUT2D eigenvalue weighted by Gasteiger charge is 2.12. The lowest BCUT2D eigenvalue weighted by molar-refractivity contribution is 0.0692. The van der Waals surface area contributed by atoms with Gasteiger partial charge in [0.2, 0.25) is 0 Å². The Morgan fingerprint density at radius 1 is 1.31 bits per heavy atom. The zero-order valence-corrected chi connectivity index (χ0v) is 9.03. The van der Waals surface area contributed by atoms with Gasteiger partial charge in [0.15, 0.2) is 5.78 Å². The molecule has 13 heavy (non-hydrogen) atoms. The van der Waals surface area contributed by atoms with Crippen molar-refractivity contribution in [1.82, 2.24) is 0 Å². The molecule has 0 aliphatic rings. The summed E-state index contributed by atoms with van der Waals surface area (Å²) < 4.78 is 0.854. The number of benzene rings is 1. The van der Waals surface area contributed by atoms with E-state index >= 15 is 0 Å². The standard InChI is InChI=1S/C9H7IO3/c1-5(11)8-4-6(10)2-3-7(8)9(12)13/h2-4H,1H3,(H,12,13). The molecule has 0 heterocycles. The molecular weight excluding hydrogens is 283 g/mol. The lowest BCUT2D eigenvalue weighted by atomic mass is 10.1. The number of ketones is 1. The van der Waals surface area contributed by atoms with E-state index in [1.165, 1.54) is 13.0 Å². The lowest BCUT2D eigenvalue weighted by Crippen LogP contribution is -2.06. The number of carbonyl (C=O) groups excluding carboxylic acids is 1. The van der Waals surface area contributed by atoms with Gasteiger partial charge in [0.25, 0.3) is 0 Å². The predicted octanol–water partition coefficient (Wildman–Crippen LogP) is 2.19. The predicted molar refractivity (Wildman–Crippen MR) is 56.1 cm³/mol. The molecule has 0 unspecified atom stereocenters. The van der Waals surface area contributed by atoms with E-state index in [0.717, 1.165) is 3.57 Å². The van der Waals surface area contributed by atoms with Crippen molar-refractivity contribution >= 4 is 34.3 Å². The minimum absolute atomic E-state index is 0.0629. The Hall–Kier alpha value is -0.910. The van der Waals surface area contributed by atoms with E-state index < -0.39 is 5.97 Å². The summed E-state index contributed by atoms with van der Waals surface area (Å²) in [6, 6.07) is 4.68. The van der Waals surface area contributed by atoms with E-state index in [9.17, 15) is 9.59 Å². The van der Waals surface area contributed by atoms with Gasteiger partial charge in [-0.05, 0) is 47.7 Å². The third kappa shape index (κ3) is 2.27. The molecule has 4 heteroatoms. The van der Waals surface area contributed by atoms with Crippen LogP contribution in [-0.2, 0) is 0 Å². The molecule has 0 amide bonds. The van der Waals surface area contributed by atoms with E-state index in [4.69, 9.17) is 5.11 Å². The van der Waals surface area contributed by atoms with E-state index in [-0.39, 0.29) is 16.9 Å². The fourth-order valence-electron chi connectivity index (χ4n) is 0.994. The number of hydrogen-bond donors (Lipinski definition) is 1. The third-order valence-electron chi connectivity index (χ3n) is 1.59. The second-order valence-corrected chi connectivity index (χ2v) is 3.80. The van der Waals surface area contributed by atoms with Crippen LogP contribution in [0.4, 0.5) is 0 Å². The number of carboxylic acids is 1. The normalized spacial score (nSPS) is 9.69. The summed E-state index contributed by atoms with van der Waals surface area (Å²) in [5.74, 6) is -1.29. The highest BCUT2D eigenvalue weighted by atomic mass is 127. The van der Waals surface area contributed by atoms with Crippen LogP contribution < -0.4 is 0 Å². The van der Waals surface area contributed by atoms with Gasteiger partial charge in [-0.3, -0.25) is 4.79 Å². The Morgan fingerprint density at radius 3 is 2.38 bits per heavy atom. The molecule has 1 aromatic rings. The summed E-state index contributed by atoms with van der Waals surface area (Å²) in [5, 5.41) is 8.75. The van der Waals surface area contributed by atoms with Gasteiger partial charge in [-0.25, -0.2) is 4.79 Å². The van der Waals surface area contributed by atoms with Crippen LogP contribution in [0.5, 0.6) is 0 Å². The van der Waals surface area contributed by atoms with E-state index in [1.807, 2.05) is 22.6 Å². The Bertz CT molecular complexity index is 371. The highest BCUT2D eigenvalue weighted by molar-refractivity contribution is 14.1. The van der Waals surface area contributed by atoms with Crippen molar-refractivity contribution in [3.63, 3.8) is 0 Å². The molecule has 1 N–H and O–H groups in total. The van der Waals surface area contributed by atoms with Crippen molar-refractivity contribution < 1.29 is 14.7 Å². The number of carbonyl (C=O) groups is 2. The maximum Gasteiger partial charge on any atom is 0.336 e. The largest absolute Gasteiger partial charge is 0.478 e. The molecular formula is C9H7IO3. The maximum atomic E-state index is 11.1. The first-order valence-corrected chi connectivity index (χ1v) is 4.64. The van der Waals surface area contributed by atoms with Crippen molar-refractivity contribution in [2.24, 2.45) is 0 Å². The van der Waals surface area contributed by atoms with Crippen molar-refractivity contribution in [2.75, 3.05) is 0 Å². The lowest BCUT2D eigenvalue weighted by Gasteiger charge is -2.01. The van der Waals surface area contributed by atoms with Crippen LogP contribution in [0.1, 0.15) is 27.6 Å². The molecule has 0 saturated carbocycles. The first-order chi connectivity index (χ1) is 6.02. The van der Waals surface area contributed by atoms with Crippen LogP contribution in [0.3, 0.4) is 0 Å². The zero-order valence-electron chi connectivity index (χ0n) is 6.87. The molecule has 0 aromatic heterocycles. The summed E-state index contributed by atoms with van der Waals surface area (Å²) in [7, 11) is 0. The number of halogens is 1. The molecule has 0 fully saturated rings. The number of Topliss-reactive ketones (excluding diaryl/α,β-unsaturated/α-hetero) is 1. The minimum atomic E-state index is -1.07. The Kier molecular flexibility index (Phi) is 3.02. The van der Waals surface area contributed by atoms with Crippen LogP contribution in [0.25, 0.3) is 0 Å². The fraction of sp³-hybridized carbons (Fsp3) is 0.111. The molecule has 0 aliphatic carbocycles. The quantitative estimate of drug-likeness (QED) is 0.671. The molecule has 0 aliphatic heterocycles. The zero-order chi connectivity index (χ0) is 10.0. The Labute approximate surface area is 88.9 Å². The van der Waals surface area contributed by atoms with Gasteiger partial charge in [0.05, 0.1) is 5.56 Å². The summed E-state index contributed by atoms with van der Waals surface area (Å²) in [6.07, 6.45) is 0. The van der Waals surface area contributed by atoms with Gasteiger partial charge in [0.1, 0.15) is 0 Å². The molecule has 0 saturated heterocycles. The number of aromatic carboxylic acids is 1. The fourth-order valence-corrected chi connectivity index (χ4v) is 1.49. The minimum Gasteiger partial charge on any atom is -0.478 e. The maximum absolute atomic E-state index is 11.1. The van der Waals surface area contributed by atoms with Crippen LogP contribution in [0.15, 0.2) is 18.2 Å². The molecule has 0 atom stereocenters. The van der Waals surface area contributed by atoms with Gasteiger partial charge < -0.3 is 5.11 Å². The molecule has 0 bridgehead atoms. The van der Waals surface area contributed by atoms with Crippen LogP contribution in [-0.4, -0.2) is 16.9 Å². The van der Waals surface area contributed by atoms with Crippen LogP contribution in [0, 0.1) is 3.57 Å². The van der Waals surface area contributed by atoms with Crippen LogP contribution in [0.2, 0.25) is 0 Å². The number of carboxylic acid groups (broad SMARTS) is 1.